The van der Waals surface area contributed by atoms with Crippen molar-refractivity contribution in [1.82, 2.24) is 14.1 Å². The number of aryl methyl sites for hydroxylation is 2. The average Bonchev–Trinajstić information content (AvgIpc) is 2.38. The predicted molar refractivity (Wildman–Crippen MR) is 50.2 cm³/mol. The van der Waals surface area contributed by atoms with Gasteiger partial charge in [0.15, 0.2) is 6.33 Å². The number of nitrogens with zero attached hydrogens (tertiary/aromatic N) is 4. The Bertz CT molecular complexity index is 569. The number of fused-ring (bicyclic) bond motifs is 1. The maximum atomic E-state index is 11.7. The first-order valence-electron chi connectivity index (χ1n) is 4.11. The second kappa shape index (κ2) is 3.35. The minimum absolute atomic E-state index is 0. The van der Waals surface area contributed by atoms with E-state index in [4.69, 9.17) is 0 Å². The summed E-state index contributed by atoms with van der Waals surface area (Å²) in [5.41, 5.74) is 0.540. The first kappa shape index (κ1) is 11.2. The zero-order valence-electron chi connectivity index (χ0n) is 8.68. The summed E-state index contributed by atoms with van der Waals surface area (Å²) in [6.45, 7) is 0. The summed E-state index contributed by atoms with van der Waals surface area (Å²) in [7, 11) is 4.91. The molecule has 15 heavy (non-hydrogen) atoms. The molecule has 2 N–H and O–H groups in total. The Kier molecular flexibility index (Phi) is 2.50. The smallest absolute Gasteiger partial charge is 0.308 e. The summed E-state index contributed by atoms with van der Waals surface area (Å²) in [6.07, 6.45) is 1.71. The van der Waals surface area contributed by atoms with Gasteiger partial charge in [-0.15, -0.1) is 0 Å². The molecule has 7 nitrogen and oxygen atoms in total. The molecule has 0 bridgehead atoms. The minimum atomic E-state index is -0.524. The van der Waals surface area contributed by atoms with Gasteiger partial charge in [0.25, 0.3) is 5.56 Å². The monoisotopic (exact) mass is 212 g/mol. The van der Waals surface area contributed by atoms with E-state index in [-0.39, 0.29) is 11.0 Å². The highest BCUT2D eigenvalue weighted by atomic mass is 16.3. The molecule has 0 aliphatic rings. The van der Waals surface area contributed by atoms with Gasteiger partial charge in [0.1, 0.15) is 6.01 Å². The van der Waals surface area contributed by atoms with Crippen LogP contribution in [0.15, 0.2) is 11.1 Å². The summed E-state index contributed by atoms with van der Waals surface area (Å²) in [5.74, 6) is 0. The third-order valence-electron chi connectivity index (χ3n) is 2.24. The number of hydrogen-bond donors (Lipinski definition) is 0. The van der Waals surface area contributed by atoms with Crippen LogP contribution in [0, 0.1) is 0 Å². The molecule has 0 amide bonds. The van der Waals surface area contributed by atoms with Crippen molar-refractivity contribution in [2.75, 3.05) is 0 Å². The highest BCUT2D eigenvalue weighted by Crippen LogP contribution is 2.03. The molecule has 0 aliphatic heterocycles. The summed E-state index contributed by atoms with van der Waals surface area (Å²) >= 11 is 0. The van der Waals surface area contributed by atoms with Crippen molar-refractivity contribution in [3.63, 3.8) is 0 Å². The molecule has 2 heterocycles. The van der Waals surface area contributed by atoms with E-state index in [9.17, 15) is 9.90 Å². The van der Waals surface area contributed by atoms with Gasteiger partial charge in [-0.25, -0.2) is 4.57 Å². The van der Waals surface area contributed by atoms with E-state index in [0.717, 1.165) is 4.57 Å². The second-order valence-corrected chi connectivity index (χ2v) is 3.27. The van der Waals surface area contributed by atoms with Crippen molar-refractivity contribution in [3.05, 3.63) is 16.7 Å². The van der Waals surface area contributed by atoms with Crippen molar-refractivity contribution < 1.29 is 15.1 Å². The standard InChI is InChI=1S/C8H10N4O2.H2O/c1-10-4-11(2)6-5(10)7(13)12(3)8(14)9-6;/h4H,1-3H3;1H2. The fourth-order valence-corrected chi connectivity index (χ4v) is 1.49. The van der Waals surface area contributed by atoms with Gasteiger partial charge in [0.2, 0.25) is 5.52 Å². The largest absolute Gasteiger partial charge is 0.832 e. The number of aromatic nitrogens is 4. The third kappa shape index (κ3) is 1.37. The topological polar surface area (TPSA) is 98.3 Å². The Hall–Kier alpha value is -1.89. The quantitative estimate of drug-likeness (QED) is 0.446. The lowest BCUT2D eigenvalue weighted by Gasteiger charge is -2.04. The molecule has 0 aliphatic carbocycles. The first-order valence-corrected chi connectivity index (χ1v) is 4.11. The molecule has 7 heteroatoms. The zero-order chi connectivity index (χ0) is 10.5. The van der Waals surface area contributed by atoms with Crippen molar-refractivity contribution in [2.45, 2.75) is 0 Å². The lowest BCUT2D eigenvalue weighted by molar-refractivity contribution is -0.647. The molecule has 0 saturated heterocycles. The van der Waals surface area contributed by atoms with Gasteiger partial charge in [-0.3, -0.25) is 13.9 Å². The molecule has 0 spiro atoms. The Labute approximate surface area is 85.1 Å². The van der Waals surface area contributed by atoms with Gasteiger partial charge in [-0.05, 0) is 0 Å². The normalized spacial score (nSPS) is 10.3. The Morgan fingerprint density at radius 3 is 2.67 bits per heavy atom. The van der Waals surface area contributed by atoms with Crippen molar-refractivity contribution >= 4 is 11.2 Å². The van der Waals surface area contributed by atoms with E-state index in [1.807, 2.05) is 0 Å². The van der Waals surface area contributed by atoms with Crippen molar-refractivity contribution in [2.24, 2.45) is 21.1 Å². The van der Waals surface area contributed by atoms with Gasteiger partial charge in [0.05, 0.1) is 14.1 Å². The summed E-state index contributed by atoms with van der Waals surface area (Å²) in [6, 6.07) is -0.524. The van der Waals surface area contributed by atoms with Gasteiger partial charge >= 0.3 is 5.65 Å². The van der Waals surface area contributed by atoms with Crippen LogP contribution in [0.4, 0.5) is 0 Å². The van der Waals surface area contributed by atoms with Crippen LogP contribution in [0.5, 0.6) is 6.01 Å². The van der Waals surface area contributed by atoms with Crippen LogP contribution in [0.2, 0.25) is 0 Å². The van der Waals surface area contributed by atoms with Crippen LogP contribution < -0.4 is 15.2 Å². The van der Waals surface area contributed by atoms with Crippen LogP contribution in [-0.2, 0) is 21.1 Å². The van der Waals surface area contributed by atoms with Crippen LogP contribution >= 0.6 is 0 Å². The summed E-state index contributed by atoms with van der Waals surface area (Å²) < 4.78 is 4.31. The molecule has 82 valence electrons. The lowest BCUT2D eigenvalue weighted by atomic mass is 10.5. The highest BCUT2D eigenvalue weighted by Gasteiger charge is 2.17. The molecule has 2 aromatic rings. The van der Waals surface area contributed by atoms with Crippen LogP contribution in [0.1, 0.15) is 0 Å². The van der Waals surface area contributed by atoms with Gasteiger partial charge in [-0.1, -0.05) is 4.98 Å². The molecule has 0 aromatic carbocycles. The molecule has 2 rings (SSSR count). The molecule has 0 radical (unpaired) electrons. The fraction of sp³-hybridized carbons (Fsp3) is 0.375. The average molecular weight is 212 g/mol. The van der Waals surface area contributed by atoms with Crippen LogP contribution in [-0.4, -0.2) is 19.6 Å². The molecule has 0 atom stereocenters. The van der Waals surface area contributed by atoms with Crippen LogP contribution in [0.25, 0.3) is 11.2 Å². The Morgan fingerprint density at radius 2 is 2.07 bits per heavy atom. The number of hydrogen-bond acceptors (Lipinski definition) is 3. The number of imidazole rings is 1. The lowest BCUT2D eigenvalue weighted by Crippen LogP contribution is -2.29. The van der Waals surface area contributed by atoms with Gasteiger partial charge < -0.3 is 10.6 Å². The Morgan fingerprint density at radius 1 is 1.47 bits per heavy atom. The SMILES string of the molecule is Cn1c([O-])nc2c(c1=O)n(C)c[n+]2C.O. The molecule has 0 unspecified atom stereocenters. The van der Waals surface area contributed by atoms with E-state index in [2.05, 4.69) is 4.98 Å². The van der Waals surface area contributed by atoms with Crippen LogP contribution in [0.3, 0.4) is 0 Å². The Balaban J connectivity index is 0.00000112. The zero-order valence-corrected chi connectivity index (χ0v) is 8.68. The highest BCUT2D eigenvalue weighted by molar-refractivity contribution is 5.66. The summed E-state index contributed by atoms with van der Waals surface area (Å²) in [5, 5.41) is 11.2. The minimum Gasteiger partial charge on any atom is -0.832 e. The molecule has 0 saturated carbocycles. The van der Waals surface area contributed by atoms with E-state index in [0.29, 0.717) is 11.2 Å². The van der Waals surface area contributed by atoms with E-state index in [1.165, 1.54) is 7.05 Å². The van der Waals surface area contributed by atoms with Gasteiger partial charge in [0, 0.05) is 7.05 Å². The fourth-order valence-electron chi connectivity index (χ4n) is 1.49. The molecular weight excluding hydrogens is 200 g/mol. The maximum Gasteiger partial charge on any atom is 0.308 e. The second-order valence-electron chi connectivity index (χ2n) is 3.27. The molecule has 2 aromatic heterocycles. The van der Waals surface area contributed by atoms with E-state index in [1.54, 1.807) is 29.6 Å². The predicted octanol–water partition coefficient (Wildman–Crippen LogP) is -2.65. The molecular formula is C8H12N4O3. The molecule has 0 fully saturated rings. The van der Waals surface area contributed by atoms with Gasteiger partial charge in [-0.2, -0.15) is 0 Å². The summed E-state index contributed by atoms with van der Waals surface area (Å²) in [4.78, 5) is 15.5. The third-order valence-corrected chi connectivity index (χ3v) is 2.24. The van der Waals surface area contributed by atoms with E-state index < -0.39 is 6.01 Å². The maximum absolute atomic E-state index is 11.7. The van der Waals surface area contributed by atoms with Crippen molar-refractivity contribution in [1.29, 1.82) is 0 Å². The first-order chi connectivity index (χ1) is 6.52. The van der Waals surface area contributed by atoms with Crippen molar-refractivity contribution in [3.8, 4) is 6.01 Å². The van der Waals surface area contributed by atoms with E-state index >= 15 is 0 Å². The number of rotatable bonds is 0.